The van der Waals surface area contributed by atoms with Crippen molar-refractivity contribution in [1.82, 2.24) is 4.98 Å². The van der Waals surface area contributed by atoms with E-state index in [9.17, 15) is 4.79 Å². The number of rotatable bonds is 8. The summed E-state index contributed by atoms with van der Waals surface area (Å²) in [6.07, 6.45) is 4.73. The van der Waals surface area contributed by atoms with Crippen LogP contribution in [0.4, 0.5) is 0 Å². The number of hydrogen-bond donors (Lipinski definition) is 1. The molecule has 0 unspecified atom stereocenters. The molecule has 0 amide bonds. The summed E-state index contributed by atoms with van der Waals surface area (Å²) in [5, 5.41) is 8.85. The standard InChI is InChI=1S/C22H19Br2NO3S/c1-14-20(29-13-25-14)7-5-15-3-2-4-17(9-15)12-28-22-18(23)10-16(11-19(22)24)6-8-21(26)27/h2-5,7,9-11,13H,6,8,12H2,1H3,(H,26,27). The zero-order valence-corrected chi connectivity index (χ0v) is 19.7. The molecule has 0 atom stereocenters. The van der Waals surface area contributed by atoms with Gasteiger partial charge in [0.1, 0.15) is 12.4 Å². The van der Waals surface area contributed by atoms with Gasteiger partial charge < -0.3 is 9.84 Å². The molecule has 1 heterocycles. The molecular formula is C22H19Br2NO3S. The van der Waals surface area contributed by atoms with Crippen LogP contribution in [-0.4, -0.2) is 16.1 Å². The quantitative estimate of drug-likeness (QED) is 0.346. The molecule has 29 heavy (non-hydrogen) atoms. The fraction of sp³-hybridized carbons (Fsp3) is 0.182. The smallest absolute Gasteiger partial charge is 0.303 e. The Morgan fingerprint density at radius 2 is 1.93 bits per heavy atom. The maximum Gasteiger partial charge on any atom is 0.303 e. The van der Waals surface area contributed by atoms with Gasteiger partial charge in [0, 0.05) is 11.3 Å². The van der Waals surface area contributed by atoms with Gasteiger partial charge in [0.05, 0.1) is 20.1 Å². The van der Waals surface area contributed by atoms with Gasteiger partial charge in [-0.3, -0.25) is 4.79 Å². The molecule has 7 heteroatoms. The SMILES string of the molecule is Cc1ncsc1C=Cc1cccc(COc2c(Br)cc(CCC(=O)O)cc2Br)c1. The fourth-order valence-corrected chi connectivity index (χ4v) is 4.94. The van der Waals surface area contributed by atoms with Crippen molar-refractivity contribution >= 4 is 61.3 Å². The molecule has 3 aromatic rings. The lowest BCUT2D eigenvalue weighted by molar-refractivity contribution is -0.136. The zero-order chi connectivity index (χ0) is 20.8. The van der Waals surface area contributed by atoms with Crippen molar-refractivity contribution in [3.05, 3.63) is 78.1 Å². The second-order valence-corrected chi connectivity index (χ2v) is 9.05. The highest BCUT2D eigenvalue weighted by molar-refractivity contribution is 9.11. The van der Waals surface area contributed by atoms with E-state index in [1.807, 2.05) is 36.7 Å². The maximum absolute atomic E-state index is 10.8. The lowest BCUT2D eigenvalue weighted by Crippen LogP contribution is -2.00. The van der Waals surface area contributed by atoms with E-state index in [2.05, 4.69) is 61.1 Å². The number of ether oxygens (including phenoxy) is 1. The summed E-state index contributed by atoms with van der Waals surface area (Å²) >= 11 is 8.68. The van der Waals surface area contributed by atoms with E-state index in [0.29, 0.717) is 18.8 Å². The molecule has 0 aliphatic heterocycles. The van der Waals surface area contributed by atoms with Crippen molar-refractivity contribution in [1.29, 1.82) is 0 Å². The Bertz CT molecular complexity index is 1020. The fourth-order valence-electron chi connectivity index (χ4n) is 2.73. The number of benzene rings is 2. The number of carboxylic acids is 1. The van der Waals surface area contributed by atoms with Crippen LogP contribution in [0, 0.1) is 6.92 Å². The third kappa shape index (κ3) is 6.26. The first kappa shape index (κ1) is 21.7. The molecule has 2 aromatic carbocycles. The molecule has 0 spiro atoms. The summed E-state index contributed by atoms with van der Waals surface area (Å²) in [5.74, 6) is -0.109. The third-order valence-corrected chi connectivity index (χ3v) is 6.30. The molecule has 0 bridgehead atoms. The minimum atomic E-state index is -0.808. The Kier molecular flexibility index (Phi) is 7.64. The van der Waals surface area contributed by atoms with Crippen LogP contribution in [0.2, 0.25) is 0 Å². The third-order valence-electron chi connectivity index (χ3n) is 4.23. The van der Waals surface area contributed by atoms with E-state index < -0.39 is 5.97 Å². The summed E-state index contributed by atoms with van der Waals surface area (Å²) in [4.78, 5) is 16.2. The van der Waals surface area contributed by atoms with E-state index >= 15 is 0 Å². The van der Waals surface area contributed by atoms with Crippen molar-refractivity contribution in [3.63, 3.8) is 0 Å². The number of nitrogens with zero attached hydrogens (tertiary/aromatic N) is 1. The van der Waals surface area contributed by atoms with E-state index in [4.69, 9.17) is 9.84 Å². The van der Waals surface area contributed by atoms with E-state index in [1.165, 1.54) is 0 Å². The van der Waals surface area contributed by atoms with Gasteiger partial charge in [0.2, 0.25) is 0 Å². The van der Waals surface area contributed by atoms with Crippen LogP contribution < -0.4 is 4.74 Å². The summed E-state index contributed by atoms with van der Waals surface area (Å²) < 4.78 is 7.61. The highest BCUT2D eigenvalue weighted by Crippen LogP contribution is 2.35. The Morgan fingerprint density at radius 1 is 1.17 bits per heavy atom. The summed E-state index contributed by atoms with van der Waals surface area (Å²) in [7, 11) is 0. The normalized spacial score (nSPS) is 11.1. The number of thiazole rings is 1. The Hall–Kier alpha value is -1.96. The highest BCUT2D eigenvalue weighted by Gasteiger charge is 2.10. The first-order chi connectivity index (χ1) is 13.9. The number of carbonyl (C=O) groups is 1. The molecular weight excluding hydrogens is 518 g/mol. The van der Waals surface area contributed by atoms with Gasteiger partial charge in [-0.05, 0) is 86.2 Å². The van der Waals surface area contributed by atoms with Crippen LogP contribution in [-0.2, 0) is 17.8 Å². The van der Waals surface area contributed by atoms with Crippen molar-refractivity contribution in [3.8, 4) is 5.75 Å². The number of aliphatic carboxylic acids is 1. The predicted molar refractivity (Wildman–Crippen MR) is 124 cm³/mol. The molecule has 4 nitrogen and oxygen atoms in total. The second-order valence-electron chi connectivity index (χ2n) is 6.45. The molecule has 1 N–H and O–H groups in total. The van der Waals surface area contributed by atoms with Crippen molar-refractivity contribution < 1.29 is 14.6 Å². The van der Waals surface area contributed by atoms with Gasteiger partial charge in [-0.15, -0.1) is 11.3 Å². The highest BCUT2D eigenvalue weighted by atomic mass is 79.9. The summed E-state index contributed by atoms with van der Waals surface area (Å²) in [6.45, 7) is 2.43. The minimum Gasteiger partial charge on any atom is -0.487 e. The van der Waals surface area contributed by atoms with Gasteiger partial charge in [-0.25, -0.2) is 4.98 Å². The monoisotopic (exact) mass is 535 g/mol. The average Bonchev–Trinajstić information content (AvgIpc) is 3.09. The van der Waals surface area contributed by atoms with Crippen LogP contribution in [0.15, 0.2) is 50.9 Å². The lowest BCUT2D eigenvalue weighted by atomic mass is 10.1. The van der Waals surface area contributed by atoms with Gasteiger partial charge in [0.15, 0.2) is 0 Å². The molecule has 0 radical (unpaired) electrons. The molecule has 0 aliphatic rings. The first-order valence-corrected chi connectivity index (χ1v) is 11.4. The number of halogens is 2. The maximum atomic E-state index is 10.8. The topological polar surface area (TPSA) is 59.4 Å². The molecule has 0 fully saturated rings. The van der Waals surface area contributed by atoms with Gasteiger partial charge in [-0.2, -0.15) is 0 Å². The average molecular weight is 537 g/mol. The van der Waals surface area contributed by atoms with E-state index in [1.54, 1.807) is 11.3 Å². The lowest BCUT2D eigenvalue weighted by Gasteiger charge is -2.12. The molecule has 0 saturated carbocycles. The second kappa shape index (κ2) is 10.2. The Morgan fingerprint density at radius 3 is 2.59 bits per heavy atom. The van der Waals surface area contributed by atoms with Gasteiger partial charge in [-0.1, -0.05) is 24.3 Å². The zero-order valence-electron chi connectivity index (χ0n) is 15.7. The number of aromatic nitrogens is 1. The molecule has 0 aliphatic carbocycles. The number of carboxylic acid groups (broad SMARTS) is 1. The first-order valence-electron chi connectivity index (χ1n) is 8.92. The molecule has 0 saturated heterocycles. The Labute approximate surface area is 190 Å². The van der Waals surface area contributed by atoms with E-state index in [0.717, 1.165) is 36.2 Å². The Balaban J connectivity index is 1.68. The van der Waals surface area contributed by atoms with Crippen LogP contribution in [0.3, 0.4) is 0 Å². The molecule has 1 aromatic heterocycles. The predicted octanol–water partition coefficient (Wildman–Crippen LogP) is 6.74. The van der Waals surface area contributed by atoms with Crippen LogP contribution >= 0.6 is 43.2 Å². The molecule has 3 rings (SSSR count). The van der Waals surface area contributed by atoms with Crippen molar-refractivity contribution in [2.24, 2.45) is 0 Å². The van der Waals surface area contributed by atoms with Gasteiger partial charge in [0.25, 0.3) is 0 Å². The number of aryl methyl sites for hydroxylation is 2. The summed E-state index contributed by atoms with van der Waals surface area (Å²) in [6, 6.07) is 12.0. The van der Waals surface area contributed by atoms with Crippen LogP contribution in [0.25, 0.3) is 12.2 Å². The van der Waals surface area contributed by atoms with Crippen molar-refractivity contribution in [2.45, 2.75) is 26.4 Å². The van der Waals surface area contributed by atoms with Gasteiger partial charge >= 0.3 is 5.97 Å². The van der Waals surface area contributed by atoms with Crippen LogP contribution in [0.5, 0.6) is 5.75 Å². The van der Waals surface area contributed by atoms with E-state index in [-0.39, 0.29) is 6.42 Å². The summed E-state index contributed by atoms with van der Waals surface area (Å²) in [5.41, 5.74) is 5.97. The number of hydrogen-bond acceptors (Lipinski definition) is 4. The van der Waals surface area contributed by atoms with Crippen LogP contribution in [0.1, 0.15) is 33.7 Å². The van der Waals surface area contributed by atoms with Crippen molar-refractivity contribution in [2.75, 3.05) is 0 Å². The largest absolute Gasteiger partial charge is 0.487 e. The molecule has 150 valence electrons. The minimum absolute atomic E-state index is 0.0977.